The zero-order valence-electron chi connectivity index (χ0n) is 16.6. The molecule has 0 aliphatic carbocycles. The summed E-state index contributed by atoms with van der Waals surface area (Å²) in [7, 11) is 0. The summed E-state index contributed by atoms with van der Waals surface area (Å²) in [6.07, 6.45) is 0.292. The van der Waals surface area contributed by atoms with Gasteiger partial charge in [0.25, 0.3) is 5.79 Å². The molecule has 3 heterocycles. The van der Waals surface area contributed by atoms with Crippen LogP contribution in [-0.4, -0.2) is 43.4 Å². The van der Waals surface area contributed by atoms with E-state index in [1.165, 1.54) is 0 Å². The lowest BCUT2D eigenvalue weighted by molar-refractivity contribution is -0.253. The van der Waals surface area contributed by atoms with Crippen molar-refractivity contribution in [1.29, 1.82) is 0 Å². The van der Waals surface area contributed by atoms with E-state index in [4.69, 9.17) is 9.47 Å². The Kier molecular flexibility index (Phi) is 3.88. The first-order chi connectivity index (χ1) is 13.9. The van der Waals surface area contributed by atoms with Crippen molar-refractivity contribution in [3.8, 4) is 0 Å². The lowest BCUT2D eigenvalue weighted by Gasteiger charge is -2.55. The second-order valence-corrected chi connectivity index (χ2v) is 8.45. The number of piperazine rings is 1. The smallest absolute Gasteiger partial charge is 0.329 e. The molecule has 2 fully saturated rings. The first-order valence-electron chi connectivity index (χ1n) is 10.0. The number of anilines is 2. The van der Waals surface area contributed by atoms with Gasteiger partial charge in [0.2, 0.25) is 0 Å². The van der Waals surface area contributed by atoms with Crippen molar-refractivity contribution in [2.75, 3.05) is 29.4 Å². The molecule has 0 bridgehead atoms. The van der Waals surface area contributed by atoms with Crippen molar-refractivity contribution in [1.82, 2.24) is 0 Å². The van der Waals surface area contributed by atoms with Gasteiger partial charge in [0.15, 0.2) is 5.41 Å². The molecule has 2 aromatic carbocycles. The van der Waals surface area contributed by atoms with Crippen LogP contribution in [0.1, 0.15) is 19.4 Å². The van der Waals surface area contributed by atoms with Crippen molar-refractivity contribution in [2.24, 2.45) is 5.41 Å². The Morgan fingerprint density at radius 3 is 2.28 bits per heavy atom. The summed E-state index contributed by atoms with van der Waals surface area (Å²) in [4.78, 5) is 31.1. The van der Waals surface area contributed by atoms with Gasteiger partial charge < -0.3 is 19.3 Å². The minimum atomic E-state index is -1.36. The molecule has 0 saturated carbocycles. The monoisotopic (exact) mass is 392 g/mol. The summed E-state index contributed by atoms with van der Waals surface area (Å²) >= 11 is 0. The maximum Gasteiger partial charge on any atom is 0.329 e. The predicted molar refractivity (Wildman–Crippen MR) is 109 cm³/mol. The van der Waals surface area contributed by atoms with E-state index in [-0.39, 0.29) is 6.04 Å². The van der Waals surface area contributed by atoms with Crippen LogP contribution in [0.5, 0.6) is 0 Å². The minimum absolute atomic E-state index is 0.292. The van der Waals surface area contributed by atoms with Gasteiger partial charge in [0.05, 0.1) is 6.04 Å². The van der Waals surface area contributed by atoms with Crippen LogP contribution in [0.4, 0.5) is 11.4 Å². The highest BCUT2D eigenvalue weighted by Crippen LogP contribution is 2.48. The molecule has 0 N–H and O–H groups in total. The third kappa shape index (κ3) is 2.69. The van der Waals surface area contributed by atoms with Gasteiger partial charge in [-0.2, -0.15) is 0 Å². The first-order valence-corrected chi connectivity index (χ1v) is 10.0. The van der Waals surface area contributed by atoms with Crippen LogP contribution in [0.2, 0.25) is 0 Å². The van der Waals surface area contributed by atoms with Crippen molar-refractivity contribution in [3.05, 3.63) is 60.2 Å². The quantitative estimate of drug-likeness (QED) is 0.549. The van der Waals surface area contributed by atoms with Crippen LogP contribution in [0.3, 0.4) is 0 Å². The van der Waals surface area contributed by atoms with E-state index in [1.807, 2.05) is 36.4 Å². The van der Waals surface area contributed by atoms with Gasteiger partial charge in [0, 0.05) is 51.3 Å². The molecule has 29 heavy (non-hydrogen) atoms. The molecule has 5 rings (SSSR count). The van der Waals surface area contributed by atoms with E-state index in [1.54, 1.807) is 13.8 Å². The number of esters is 2. The van der Waals surface area contributed by atoms with Crippen LogP contribution < -0.4 is 9.80 Å². The zero-order chi connectivity index (χ0) is 20.2. The third-order valence-corrected chi connectivity index (χ3v) is 6.25. The van der Waals surface area contributed by atoms with Crippen LogP contribution >= 0.6 is 0 Å². The molecule has 2 saturated heterocycles. The number of rotatable bonds is 1. The van der Waals surface area contributed by atoms with Gasteiger partial charge in [-0.25, -0.2) is 0 Å². The lowest BCUT2D eigenvalue weighted by atomic mass is 9.69. The van der Waals surface area contributed by atoms with E-state index < -0.39 is 23.1 Å². The Hall–Kier alpha value is -3.02. The van der Waals surface area contributed by atoms with Crippen molar-refractivity contribution < 1.29 is 19.1 Å². The van der Waals surface area contributed by atoms with Crippen molar-refractivity contribution in [2.45, 2.75) is 32.1 Å². The van der Waals surface area contributed by atoms with Crippen LogP contribution in [0.25, 0.3) is 0 Å². The SMILES string of the molecule is CC1(C)OC(=O)C2(Cc3ccccc3N3CCN(c4ccccc4)C[C@H]32)C(=O)O1. The molecule has 3 aliphatic rings. The van der Waals surface area contributed by atoms with Gasteiger partial charge in [-0.1, -0.05) is 36.4 Å². The number of fused-ring (bicyclic) bond motifs is 4. The number of cyclic esters (lactones) is 2. The molecule has 1 spiro atoms. The number of nitrogens with zero attached hydrogens (tertiary/aromatic N) is 2. The number of carbonyl (C=O) groups is 2. The molecular formula is C23H24N2O4. The first kappa shape index (κ1) is 18.0. The van der Waals surface area contributed by atoms with E-state index >= 15 is 0 Å². The zero-order valence-corrected chi connectivity index (χ0v) is 16.6. The van der Waals surface area contributed by atoms with E-state index in [0.29, 0.717) is 19.5 Å². The maximum absolute atomic E-state index is 13.3. The molecule has 6 nitrogen and oxygen atoms in total. The minimum Gasteiger partial charge on any atom is -0.422 e. The second-order valence-electron chi connectivity index (χ2n) is 8.45. The number of ether oxygens (including phenoxy) is 2. The summed E-state index contributed by atoms with van der Waals surface area (Å²) in [6, 6.07) is 17.7. The molecule has 1 atom stereocenters. The van der Waals surface area contributed by atoms with E-state index in [0.717, 1.165) is 23.5 Å². The van der Waals surface area contributed by atoms with Crippen LogP contribution in [0.15, 0.2) is 54.6 Å². The Morgan fingerprint density at radius 2 is 1.55 bits per heavy atom. The van der Waals surface area contributed by atoms with Gasteiger partial charge in [-0.05, 0) is 23.8 Å². The van der Waals surface area contributed by atoms with Gasteiger partial charge in [-0.3, -0.25) is 9.59 Å². The predicted octanol–water partition coefficient (Wildman–Crippen LogP) is 2.76. The van der Waals surface area contributed by atoms with Gasteiger partial charge >= 0.3 is 11.9 Å². The highest BCUT2D eigenvalue weighted by Gasteiger charge is 2.64. The number of hydrogen-bond donors (Lipinski definition) is 0. The molecule has 2 aromatic rings. The molecule has 150 valence electrons. The number of para-hydroxylation sites is 2. The highest BCUT2D eigenvalue weighted by atomic mass is 16.7. The second kappa shape index (κ2) is 6.24. The Balaban J connectivity index is 1.61. The number of carbonyl (C=O) groups excluding carboxylic acids is 2. The number of benzene rings is 2. The fourth-order valence-electron chi connectivity index (χ4n) is 4.87. The van der Waals surface area contributed by atoms with Crippen LogP contribution in [-0.2, 0) is 25.5 Å². The summed E-state index contributed by atoms with van der Waals surface area (Å²) in [5.74, 6) is -2.22. The Bertz CT molecular complexity index is 952. The summed E-state index contributed by atoms with van der Waals surface area (Å²) < 4.78 is 11.2. The van der Waals surface area contributed by atoms with E-state index in [9.17, 15) is 9.59 Å². The summed E-state index contributed by atoms with van der Waals surface area (Å²) in [5, 5.41) is 0. The average molecular weight is 392 g/mol. The molecule has 0 unspecified atom stereocenters. The standard InChI is InChI=1S/C23H24N2O4/c1-22(2)28-20(26)23(21(27)29-22)14-16-8-6-7-11-18(16)25-13-12-24(15-19(23)25)17-9-4-3-5-10-17/h3-11,19H,12-15H2,1-2H3/t19-/m0/s1. The Morgan fingerprint density at radius 1 is 0.897 bits per heavy atom. The topological polar surface area (TPSA) is 59.1 Å². The van der Waals surface area contributed by atoms with Gasteiger partial charge in [0.1, 0.15) is 0 Å². The Labute approximate surface area is 170 Å². The average Bonchev–Trinajstić information content (AvgIpc) is 2.71. The third-order valence-electron chi connectivity index (χ3n) is 6.25. The highest BCUT2D eigenvalue weighted by molar-refractivity contribution is 6.04. The largest absolute Gasteiger partial charge is 0.422 e. The van der Waals surface area contributed by atoms with Crippen molar-refractivity contribution >= 4 is 23.3 Å². The normalized spacial score (nSPS) is 24.4. The lowest BCUT2D eigenvalue weighted by Crippen LogP contribution is -2.71. The fraction of sp³-hybridized carbons (Fsp3) is 0.391. The number of hydrogen-bond acceptors (Lipinski definition) is 6. The summed E-state index contributed by atoms with van der Waals surface area (Å²) in [5.41, 5.74) is 1.78. The summed E-state index contributed by atoms with van der Waals surface area (Å²) in [6.45, 7) is 5.26. The van der Waals surface area contributed by atoms with E-state index in [2.05, 4.69) is 28.0 Å². The van der Waals surface area contributed by atoms with Gasteiger partial charge in [-0.15, -0.1) is 0 Å². The molecule has 3 aliphatic heterocycles. The van der Waals surface area contributed by atoms with Crippen molar-refractivity contribution in [3.63, 3.8) is 0 Å². The van der Waals surface area contributed by atoms with Crippen LogP contribution in [0, 0.1) is 5.41 Å². The molecule has 0 aromatic heterocycles. The molecule has 6 heteroatoms. The molecular weight excluding hydrogens is 368 g/mol. The maximum atomic E-state index is 13.3. The fourth-order valence-corrected chi connectivity index (χ4v) is 4.87. The molecule has 0 radical (unpaired) electrons. The molecule has 0 amide bonds.